The lowest BCUT2D eigenvalue weighted by atomic mass is 10.1. The molecule has 1 fully saturated rings. The predicted molar refractivity (Wildman–Crippen MR) is 84.3 cm³/mol. The number of nitrogens with zero attached hydrogens (tertiary/aromatic N) is 2. The van der Waals surface area contributed by atoms with Crippen molar-refractivity contribution in [1.82, 2.24) is 9.21 Å². The normalized spacial score (nSPS) is 24.5. The quantitative estimate of drug-likeness (QED) is 0.767. The van der Waals surface area contributed by atoms with Crippen LogP contribution in [-0.2, 0) is 19.5 Å². The summed E-state index contributed by atoms with van der Waals surface area (Å²) in [5, 5.41) is 0. The lowest BCUT2D eigenvalue weighted by molar-refractivity contribution is 0.000947. The van der Waals surface area contributed by atoms with Gasteiger partial charge in [-0.25, -0.2) is 8.42 Å². The summed E-state index contributed by atoms with van der Waals surface area (Å²) in [7, 11) is 1.75. The highest BCUT2D eigenvalue weighted by Gasteiger charge is 2.37. The van der Waals surface area contributed by atoms with E-state index in [2.05, 4.69) is 4.90 Å². The second-order valence-corrected chi connectivity index (χ2v) is 7.46. The van der Waals surface area contributed by atoms with Crippen molar-refractivity contribution in [3.8, 4) is 0 Å². The number of hydrogen-bond acceptors (Lipinski definition) is 5. The minimum absolute atomic E-state index is 0.0115. The third-order valence-corrected chi connectivity index (χ3v) is 5.93. The minimum Gasteiger partial charge on any atom is -0.383 e. The fourth-order valence-electron chi connectivity index (χ4n) is 2.76. The first-order valence-electron chi connectivity index (χ1n) is 7.25. The fourth-order valence-corrected chi connectivity index (χ4v) is 4.30. The first kappa shape index (κ1) is 17.4. The highest BCUT2D eigenvalue weighted by atomic mass is 32.2. The zero-order valence-electron chi connectivity index (χ0n) is 13.3. The molecule has 0 unspecified atom stereocenters. The van der Waals surface area contributed by atoms with Crippen molar-refractivity contribution < 1.29 is 17.9 Å². The van der Waals surface area contributed by atoms with Crippen molar-refractivity contribution in [3.63, 3.8) is 0 Å². The summed E-state index contributed by atoms with van der Waals surface area (Å²) in [6.45, 7) is 1.80. The Morgan fingerprint density at radius 1 is 1.05 bits per heavy atom. The molecule has 7 heteroatoms. The van der Waals surface area contributed by atoms with Gasteiger partial charge in [-0.2, -0.15) is 4.31 Å². The zero-order valence-corrected chi connectivity index (χ0v) is 14.1. The Bertz CT molecular complexity index is 548. The predicted octanol–water partition coefficient (Wildman–Crippen LogP) is 0.653. The Kier molecular flexibility index (Phi) is 5.94. The minimum atomic E-state index is -3.49. The van der Waals surface area contributed by atoms with Crippen molar-refractivity contribution in [2.45, 2.75) is 17.0 Å². The van der Waals surface area contributed by atoms with E-state index < -0.39 is 10.0 Å². The Balaban J connectivity index is 2.26. The molecule has 2 atom stereocenters. The van der Waals surface area contributed by atoms with Gasteiger partial charge >= 0.3 is 0 Å². The summed E-state index contributed by atoms with van der Waals surface area (Å²) in [6.07, 6.45) is 0. The van der Waals surface area contributed by atoms with Crippen LogP contribution in [0.3, 0.4) is 0 Å². The van der Waals surface area contributed by atoms with Gasteiger partial charge in [0.15, 0.2) is 0 Å². The van der Waals surface area contributed by atoms with Gasteiger partial charge in [0.1, 0.15) is 0 Å². The maximum atomic E-state index is 12.8. The van der Waals surface area contributed by atoms with E-state index in [9.17, 15) is 8.42 Å². The summed E-state index contributed by atoms with van der Waals surface area (Å²) in [4.78, 5) is 2.47. The Morgan fingerprint density at radius 3 is 2.00 bits per heavy atom. The van der Waals surface area contributed by atoms with Crippen LogP contribution in [-0.4, -0.2) is 77.3 Å². The summed E-state index contributed by atoms with van der Waals surface area (Å²) < 4.78 is 37.7. The van der Waals surface area contributed by atoms with Gasteiger partial charge in [-0.1, -0.05) is 18.2 Å². The molecule has 124 valence electrons. The summed E-state index contributed by atoms with van der Waals surface area (Å²) in [5.74, 6) is 0. The van der Waals surface area contributed by atoms with Crippen LogP contribution < -0.4 is 0 Å². The number of benzene rings is 1. The summed E-state index contributed by atoms with van der Waals surface area (Å²) in [6, 6.07) is 8.57. The standard InChI is InChI=1S/C15H24N2O4S/c1-16-13(11-20-2)9-17(10-14(16)12-21-3)22(18,19)15-7-5-4-6-8-15/h4-8,13-14H,9-12H2,1-3H3/t13-,14-/m1/s1. The van der Waals surface area contributed by atoms with Crippen LogP contribution >= 0.6 is 0 Å². The first-order valence-corrected chi connectivity index (χ1v) is 8.69. The van der Waals surface area contributed by atoms with E-state index in [-0.39, 0.29) is 12.1 Å². The van der Waals surface area contributed by atoms with Gasteiger partial charge in [0.05, 0.1) is 18.1 Å². The maximum absolute atomic E-state index is 12.8. The van der Waals surface area contributed by atoms with Gasteiger partial charge in [0.2, 0.25) is 10.0 Å². The third-order valence-electron chi connectivity index (χ3n) is 4.08. The Hall–Kier alpha value is -0.990. The molecule has 0 amide bonds. The molecule has 0 N–H and O–H groups in total. The molecule has 1 heterocycles. The topological polar surface area (TPSA) is 59.1 Å². The van der Waals surface area contributed by atoms with E-state index in [1.54, 1.807) is 38.5 Å². The lowest BCUT2D eigenvalue weighted by Crippen LogP contribution is -2.60. The average Bonchev–Trinajstić information content (AvgIpc) is 2.52. The molecule has 6 nitrogen and oxygen atoms in total. The second-order valence-electron chi connectivity index (χ2n) is 5.52. The van der Waals surface area contributed by atoms with Gasteiger partial charge in [0.25, 0.3) is 0 Å². The highest BCUT2D eigenvalue weighted by molar-refractivity contribution is 7.89. The van der Waals surface area contributed by atoms with Gasteiger partial charge in [-0.3, -0.25) is 4.90 Å². The van der Waals surface area contributed by atoms with Crippen LogP contribution in [0, 0.1) is 0 Å². The van der Waals surface area contributed by atoms with E-state index in [4.69, 9.17) is 9.47 Å². The van der Waals surface area contributed by atoms with Gasteiger partial charge < -0.3 is 9.47 Å². The molecule has 1 aromatic carbocycles. The molecule has 0 saturated carbocycles. The molecule has 0 aliphatic carbocycles. The van der Waals surface area contributed by atoms with Crippen LogP contribution in [0.1, 0.15) is 0 Å². The SMILES string of the molecule is COC[C@H]1CN(S(=O)(=O)c2ccccc2)C[C@H](COC)N1C. The molecular formula is C15H24N2O4S. The van der Waals surface area contributed by atoms with E-state index >= 15 is 0 Å². The number of sulfonamides is 1. The van der Waals surface area contributed by atoms with Crippen LogP contribution in [0.4, 0.5) is 0 Å². The Labute approximate surface area is 132 Å². The van der Waals surface area contributed by atoms with Crippen molar-refractivity contribution >= 4 is 10.0 Å². The molecule has 0 radical (unpaired) electrons. The average molecular weight is 328 g/mol. The van der Waals surface area contributed by atoms with Crippen LogP contribution in [0.2, 0.25) is 0 Å². The number of rotatable bonds is 6. The number of methoxy groups -OCH3 is 2. The number of ether oxygens (including phenoxy) is 2. The van der Waals surface area contributed by atoms with Crippen molar-refractivity contribution in [2.24, 2.45) is 0 Å². The van der Waals surface area contributed by atoms with Crippen molar-refractivity contribution in [3.05, 3.63) is 30.3 Å². The van der Waals surface area contributed by atoms with Gasteiger partial charge in [-0.05, 0) is 19.2 Å². The van der Waals surface area contributed by atoms with Crippen molar-refractivity contribution in [1.29, 1.82) is 0 Å². The van der Waals surface area contributed by atoms with Gasteiger partial charge in [0, 0.05) is 39.4 Å². The fraction of sp³-hybridized carbons (Fsp3) is 0.600. The van der Waals surface area contributed by atoms with Crippen LogP contribution in [0.25, 0.3) is 0 Å². The first-order chi connectivity index (χ1) is 10.5. The second kappa shape index (κ2) is 7.52. The molecule has 2 rings (SSSR count). The van der Waals surface area contributed by atoms with E-state index in [0.717, 1.165) is 0 Å². The molecule has 1 aliphatic heterocycles. The molecule has 0 bridgehead atoms. The largest absolute Gasteiger partial charge is 0.383 e. The van der Waals surface area contributed by atoms with Crippen LogP contribution in [0.15, 0.2) is 35.2 Å². The molecule has 1 saturated heterocycles. The number of likely N-dealkylation sites (N-methyl/N-ethyl adjacent to an activating group) is 1. The smallest absolute Gasteiger partial charge is 0.243 e. The van der Waals surface area contributed by atoms with Crippen molar-refractivity contribution in [2.75, 3.05) is 47.6 Å². The van der Waals surface area contributed by atoms with E-state index in [0.29, 0.717) is 31.2 Å². The zero-order chi connectivity index (χ0) is 16.2. The van der Waals surface area contributed by atoms with Crippen LogP contribution in [0.5, 0.6) is 0 Å². The van der Waals surface area contributed by atoms with Gasteiger partial charge in [-0.15, -0.1) is 0 Å². The Morgan fingerprint density at radius 2 is 1.55 bits per heavy atom. The lowest BCUT2D eigenvalue weighted by Gasteiger charge is -2.43. The number of piperazine rings is 1. The molecule has 22 heavy (non-hydrogen) atoms. The van der Waals surface area contributed by atoms with E-state index in [1.165, 1.54) is 4.31 Å². The molecule has 1 aromatic rings. The number of hydrogen-bond donors (Lipinski definition) is 0. The molecule has 1 aliphatic rings. The maximum Gasteiger partial charge on any atom is 0.243 e. The summed E-state index contributed by atoms with van der Waals surface area (Å²) in [5.41, 5.74) is 0. The van der Waals surface area contributed by atoms with E-state index in [1.807, 2.05) is 13.1 Å². The summed E-state index contributed by atoms with van der Waals surface area (Å²) >= 11 is 0. The third kappa shape index (κ3) is 3.67. The highest BCUT2D eigenvalue weighted by Crippen LogP contribution is 2.22. The molecule has 0 aromatic heterocycles. The molecule has 0 spiro atoms. The monoisotopic (exact) mass is 328 g/mol. The molecular weight excluding hydrogens is 304 g/mol.